The summed E-state index contributed by atoms with van der Waals surface area (Å²) in [5.41, 5.74) is 2.54. The number of benzene rings is 1. The summed E-state index contributed by atoms with van der Waals surface area (Å²) in [6.07, 6.45) is 6.29. The molecule has 6 rings (SSSR count). The van der Waals surface area contributed by atoms with E-state index in [1.54, 1.807) is 37.6 Å². The average molecular weight is 435 g/mol. The fourth-order valence-corrected chi connectivity index (χ4v) is 6.49. The number of carbonyl (C=O) groups excluding carboxylic acids is 2. The van der Waals surface area contributed by atoms with E-state index in [0.717, 1.165) is 37.7 Å². The van der Waals surface area contributed by atoms with Crippen LogP contribution < -0.4 is 5.32 Å². The zero-order chi connectivity index (χ0) is 22.5. The number of rotatable bonds is 6. The van der Waals surface area contributed by atoms with Crippen LogP contribution in [0.1, 0.15) is 69.6 Å². The molecule has 4 bridgehead atoms. The number of ether oxygens (including phenoxy) is 1. The summed E-state index contributed by atoms with van der Waals surface area (Å²) in [7, 11) is 1.58. The highest BCUT2D eigenvalue weighted by atomic mass is 16.5. The van der Waals surface area contributed by atoms with Crippen LogP contribution in [0.15, 0.2) is 36.5 Å². The maximum Gasteiger partial charge on any atom is 0.251 e. The fourth-order valence-electron chi connectivity index (χ4n) is 6.49. The largest absolute Gasteiger partial charge is 0.390 e. The van der Waals surface area contributed by atoms with Gasteiger partial charge in [0.05, 0.1) is 12.2 Å². The third-order valence-corrected chi connectivity index (χ3v) is 7.60. The molecule has 0 spiro atoms. The molecule has 2 aromatic rings. The van der Waals surface area contributed by atoms with Gasteiger partial charge in [0.25, 0.3) is 5.91 Å². The molecule has 4 aliphatic rings. The van der Waals surface area contributed by atoms with Gasteiger partial charge in [0, 0.05) is 30.5 Å². The number of aromatic nitrogens is 1. The Morgan fingerprint density at radius 1 is 1.16 bits per heavy atom. The Labute approximate surface area is 188 Å². The first-order valence-electron chi connectivity index (χ1n) is 11.5. The predicted octanol–water partition coefficient (Wildman–Crippen LogP) is 3.44. The Morgan fingerprint density at radius 2 is 1.91 bits per heavy atom. The van der Waals surface area contributed by atoms with E-state index in [1.807, 2.05) is 13.0 Å². The van der Waals surface area contributed by atoms with E-state index in [9.17, 15) is 14.7 Å². The van der Waals surface area contributed by atoms with Gasteiger partial charge >= 0.3 is 0 Å². The lowest BCUT2D eigenvalue weighted by Crippen LogP contribution is -2.61. The van der Waals surface area contributed by atoms with Gasteiger partial charge in [-0.15, -0.1) is 0 Å². The number of hydrogen-bond donors (Lipinski definition) is 2. The van der Waals surface area contributed by atoms with E-state index >= 15 is 0 Å². The van der Waals surface area contributed by atoms with Crippen LogP contribution in [0.5, 0.6) is 0 Å². The Kier molecular flexibility index (Phi) is 5.38. The standard InChI is InChI=1S/C26H30N2O4/c1-15-5-6-27-22(7-15)24(29)17-3-4-21(20(10-17)14-32-2)25(30)28-23-18-8-16-9-19(23)13-26(31,11-16)12-18/h3-7,10,16,18-19,23,31H,8-9,11-14H2,1-2H3,(H,28,30)/t16?,18?,19?,23-,26-. The topological polar surface area (TPSA) is 88.5 Å². The Morgan fingerprint density at radius 3 is 2.56 bits per heavy atom. The van der Waals surface area contributed by atoms with Crippen LogP contribution in [0.2, 0.25) is 0 Å². The molecule has 4 saturated carbocycles. The zero-order valence-corrected chi connectivity index (χ0v) is 18.6. The first-order chi connectivity index (χ1) is 15.3. The lowest BCUT2D eigenvalue weighted by Gasteiger charge is -2.58. The number of pyridine rings is 1. The second kappa shape index (κ2) is 8.09. The molecule has 0 saturated heterocycles. The second-order valence-corrected chi connectivity index (χ2v) is 10.0. The average Bonchev–Trinajstić information content (AvgIpc) is 2.74. The predicted molar refractivity (Wildman–Crippen MR) is 119 cm³/mol. The van der Waals surface area contributed by atoms with Gasteiger partial charge in [0.15, 0.2) is 0 Å². The summed E-state index contributed by atoms with van der Waals surface area (Å²) in [6.45, 7) is 2.16. The lowest BCUT2D eigenvalue weighted by molar-refractivity contribution is -0.136. The van der Waals surface area contributed by atoms with Crippen LogP contribution in [-0.2, 0) is 11.3 Å². The van der Waals surface area contributed by atoms with E-state index in [-0.39, 0.29) is 24.3 Å². The molecular formula is C26H30N2O4. The minimum Gasteiger partial charge on any atom is -0.390 e. The third-order valence-electron chi connectivity index (χ3n) is 7.60. The minimum absolute atomic E-state index is 0.104. The summed E-state index contributed by atoms with van der Waals surface area (Å²) < 4.78 is 5.34. The van der Waals surface area contributed by atoms with Crippen molar-refractivity contribution in [3.8, 4) is 0 Å². The molecule has 6 nitrogen and oxygen atoms in total. The lowest BCUT2D eigenvalue weighted by atomic mass is 9.52. The molecule has 0 radical (unpaired) electrons. The van der Waals surface area contributed by atoms with Gasteiger partial charge in [-0.1, -0.05) is 6.07 Å². The molecule has 168 valence electrons. The number of nitrogens with one attached hydrogen (secondary N) is 1. The van der Waals surface area contributed by atoms with Crippen LogP contribution in [-0.4, -0.2) is 40.5 Å². The van der Waals surface area contributed by atoms with Crippen molar-refractivity contribution in [2.75, 3.05) is 7.11 Å². The van der Waals surface area contributed by atoms with Gasteiger partial charge in [-0.2, -0.15) is 0 Å². The highest BCUT2D eigenvalue weighted by Crippen LogP contribution is 2.55. The van der Waals surface area contributed by atoms with Crippen LogP contribution >= 0.6 is 0 Å². The molecule has 32 heavy (non-hydrogen) atoms. The summed E-state index contributed by atoms with van der Waals surface area (Å²) in [6, 6.07) is 8.87. The molecule has 2 unspecified atom stereocenters. The highest BCUT2D eigenvalue weighted by Gasteiger charge is 2.55. The van der Waals surface area contributed by atoms with Crippen molar-refractivity contribution in [2.24, 2.45) is 17.8 Å². The van der Waals surface area contributed by atoms with Crippen LogP contribution in [0.25, 0.3) is 0 Å². The second-order valence-electron chi connectivity index (χ2n) is 10.0. The molecule has 1 heterocycles. The van der Waals surface area contributed by atoms with Crippen molar-refractivity contribution >= 4 is 11.7 Å². The van der Waals surface area contributed by atoms with E-state index in [0.29, 0.717) is 40.1 Å². The van der Waals surface area contributed by atoms with Crippen molar-refractivity contribution in [2.45, 2.75) is 57.3 Å². The van der Waals surface area contributed by atoms with E-state index < -0.39 is 5.60 Å². The number of nitrogens with zero attached hydrogens (tertiary/aromatic N) is 1. The van der Waals surface area contributed by atoms with Gasteiger partial charge in [0.2, 0.25) is 5.78 Å². The minimum atomic E-state index is -0.523. The van der Waals surface area contributed by atoms with E-state index in [1.165, 1.54) is 0 Å². The molecule has 6 heteroatoms. The van der Waals surface area contributed by atoms with Gasteiger partial charge in [-0.25, -0.2) is 0 Å². The molecule has 1 amide bonds. The van der Waals surface area contributed by atoms with Crippen molar-refractivity contribution in [1.82, 2.24) is 10.3 Å². The Hall–Kier alpha value is -2.57. The molecule has 1 aromatic heterocycles. The fraction of sp³-hybridized carbons (Fsp3) is 0.500. The van der Waals surface area contributed by atoms with Crippen molar-refractivity contribution < 1.29 is 19.4 Å². The maximum atomic E-state index is 13.3. The number of ketones is 1. The first kappa shape index (κ1) is 21.3. The summed E-state index contributed by atoms with van der Waals surface area (Å²) in [4.78, 5) is 30.4. The quantitative estimate of drug-likeness (QED) is 0.680. The van der Waals surface area contributed by atoms with Crippen molar-refractivity contribution in [3.63, 3.8) is 0 Å². The van der Waals surface area contributed by atoms with E-state index in [4.69, 9.17) is 4.74 Å². The highest BCUT2D eigenvalue weighted by molar-refractivity contribution is 6.08. The Bertz CT molecular complexity index is 1050. The zero-order valence-electron chi connectivity index (χ0n) is 18.6. The van der Waals surface area contributed by atoms with Crippen LogP contribution in [0, 0.1) is 24.7 Å². The molecule has 2 atom stereocenters. The number of hydrogen-bond acceptors (Lipinski definition) is 5. The monoisotopic (exact) mass is 434 g/mol. The first-order valence-corrected chi connectivity index (χ1v) is 11.5. The third kappa shape index (κ3) is 3.86. The van der Waals surface area contributed by atoms with Crippen molar-refractivity contribution in [3.05, 3.63) is 64.5 Å². The van der Waals surface area contributed by atoms with Gasteiger partial charge in [-0.3, -0.25) is 14.6 Å². The summed E-state index contributed by atoms with van der Waals surface area (Å²) >= 11 is 0. The molecule has 2 N–H and O–H groups in total. The molecule has 1 aromatic carbocycles. The van der Waals surface area contributed by atoms with Crippen LogP contribution in [0.3, 0.4) is 0 Å². The Balaban J connectivity index is 1.37. The molecule has 0 aliphatic heterocycles. The number of carbonyl (C=O) groups is 2. The summed E-state index contributed by atoms with van der Waals surface area (Å²) in [5, 5.41) is 14.1. The van der Waals surface area contributed by atoms with Gasteiger partial charge in [0.1, 0.15) is 5.69 Å². The summed E-state index contributed by atoms with van der Waals surface area (Å²) in [5.74, 6) is 0.973. The SMILES string of the molecule is COCc1cc(C(=O)c2cc(C)ccn2)ccc1C(=O)N[C@H]1C2CC3CC1C[C@](O)(C3)C2. The number of aliphatic hydroxyl groups is 1. The molecule has 4 fully saturated rings. The number of amides is 1. The van der Waals surface area contributed by atoms with Gasteiger partial charge < -0.3 is 15.2 Å². The van der Waals surface area contributed by atoms with Crippen LogP contribution in [0.4, 0.5) is 0 Å². The van der Waals surface area contributed by atoms with Gasteiger partial charge in [-0.05, 0) is 92.2 Å². The smallest absolute Gasteiger partial charge is 0.251 e. The number of methoxy groups -OCH3 is 1. The van der Waals surface area contributed by atoms with E-state index in [2.05, 4.69) is 10.3 Å². The number of aryl methyl sites for hydroxylation is 1. The normalized spacial score (nSPS) is 30.3. The maximum absolute atomic E-state index is 13.3. The van der Waals surface area contributed by atoms with Crippen molar-refractivity contribution in [1.29, 1.82) is 0 Å². The molecular weight excluding hydrogens is 404 g/mol. The molecule has 4 aliphatic carbocycles.